The molecule has 25 nitrogen and oxygen atoms in total. The highest BCUT2D eigenvalue weighted by molar-refractivity contribution is 6.01. The quantitative estimate of drug-likeness (QED) is 0.166. The molecule has 108 heavy (non-hydrogen) atoms. The largest absolute Gasteiger partial charge is 0.422 e. The number of amides is 12. The normalized spacial score (nSPS) is 26.0. The summed E-state index contributed by atoms with van der Waals surface area (Å²) in [6.45, 7) is 6.12. The van der Waals surface area contributed by atoms with Gasteiger partial charge in [0.15, 0.2) is 0 Å². The van der Waals surface area contributed by atoms with Crippen molar-refractivity contribution in [2.24, 2.45) is 11.8 Å². The minimum absolute atomic E-state index is 0.0155. The standard InChI is InChI=1S/C75H104F8N12O13/c1-14-44(5)62-70(105)89(9)42-60(98)91(11)54-25-20-17-22-43(4)39-94(69(54)104)57(36-45-26-29-48(30-27-45)74(78,79)80)68(103)88(8)41-58(96)84-52(31-28-46-34-50(76)61(51(77)35-46)75(81,82)83)66(101)95-40-49(108-16-3)37-55(95)65(100)86-73(32-21-33-73)72(107)93(13)63(47-23-18-19-24-47)71(106)92(12)56(67(102)87(6)7)38-59(97)90(10)53(15-2)64(99)85-62/h22,26-27,29-30,34-35,44,47,49,52-57,62-63H,14-21,23-25,28,31-33,36-42H2,1-13H3,(H,84,96)(H,85,99)(H,86,100)/t44-,49+,52-,53-,54-,55-,56-,57-,62-,63-/m0/s1. The van der Waals surface area contributed by atoms with E-state index in [1.165, 1.54) is 59.1 Å². The van der Waals surface area contributed by atoms with Crippen LogP contribution in [0.3, 0.4) is 0 Å². The molecule has 10 atom stereocenters. The summed E-state index contributed by atoms with van der Waals surface area (Å²) in [5.74, 6) is -15.1. The molecule has 3 N–H and O–H groups in total. The van der Waals surface area contributed by atoms with Gasteiger partial charge in [0.2, 0.25) is 70.9 Å². The first-order valence-corrected chi connectivity index (χ1v) is 36.9. The third-order valence-corrected chi connectivity index (χ3v) is 21.9. The van der Waals surface area contributed by atoms with E-state index in [9.17, 15) is 55.1 Å². The lowest BCUT2D eigenvalue weighted by atomic mass is 9.74. The van der Waals surface area contributed by atoms with Crippen molar-refractivity contribution in [2.75, 3.05) is 89.2 Å². The smallest absolute Gasteiger partial charge is 0.377 e. The van der Waals surface area contributed by atoms with Crippen molar-refractivity contribution in [3.05, 3.63) is 81.9 Å². The molecule has 2 bridgehead atoms. The van der Waals surface area contributed by atoms with Crippen molar-refractivity contribution in [1.82, 2.24) is 60.0 Å². The first-order valence-electron chi connectivity index (χ1n) is 36.9. The van der Waals surface area contributed by atoms with Crippen LogP contribution in [0.2, 0.25) is 0 Å². The maximum absolute atomic E-state index is 15.6. The summed E-state index contributed by atoms with van der Waals surface area (Å²) in [5.41, 5.74) is -4.71. The molecule has 4 fully saturated rings. The number of nitrogens with zero attached hydrogens (tertiary/aromatic N) is 9. The molecule has 598 valence electrons. The average molecular weight is 1530 g/mol. The van der Waals surface area contributed by atoms with Gasteiger partial charge in [0.05, 0.1) is 31.2 Å². The fourth-order valence-electron chi connectivity index (χ4n) is 15.2. The molecular weight excluding hydrogens is 1430 g/mol. The molecule has 0 aromatic heterocycles. The molecule has 12 amide bonds. The molecule has 5 aliphatic rings. The van der Waals surface area contributed by atoms with Crippen LogP contribution in [-0.2, 0) is 87.5 Å². The van der Waals surface area contributed by atoms with E-state index in [4.69, 9.17) is 4.74 Å². The third kappa shape index (κ3) is 20.4. The van der Waals surface area contributed by atoms with Gasteiger partial charge in [-0.25, -0.2) is 8.78 Å². The minimum atomic E-state index is -5.46. The van der Waals surface area contributed by atoms with Gasteiger partial charge in [-0.2, -0.15) is 26.3 Å². The van der Waals surface area contributed by atoms with Crippen LogP contribution in [0, 0.1) is 23.5 Å². The van der Waals surface area contributed by atoms with E-state index in [0.717, 1.165) is 65.6 Å². The van der Waals surface area contributed by atoms with E-state index >= 15 is 37.5 Å². The van der Waals surface area contributed by atoms with E-state index in [0.29, 0.717) is 69.1 Å². The monoisotopic (exact) mass is 1530 g/mol. The Morgan fingerprint density at radius 2 is 1.28 bits per heavy atom. The number of hydrogen-bond acceptors (Lipinski definition) is 13. The van der Waals surface area contributed by atoms with E-state index in [2.05, 4.69) is 16.0 Å². The number of alkyl halides is 6. The molecule has 0 radical (unpaired) electrons. The molecule has 7 rings (SSSR count). The first-order chi connectivity index (χ1) is 50.6. The lowest BCUT2D eigenvalue weighted by molar-refractivity contribution is -0.157. The number of benzene rings is 2. The number of aryl methyl sites for hydroxylation is 1. The van der Waals surface area contributed by atoms with Gasteiger partial charge < -0.3 is 64.8 Å². The second-order valence-electron chi connectivity index (χ2n) is 29.7. The molecule has 2 aromatic rings. The Kier molecular flexibility index (Phi) is 29.3. The van der Waals surface area contributed by atoms with Crippen molar-refractivity contribution in [1.29, 1.82) is 0 Å². The fraction of sp³-hybridized carbons (Fsp3) is 0.653. The molecule has 1 spiro atoms. The number of hydrogen-bond donors (Lipinski definition) is 3. The van der Waals surface area contributed by atoms with Crippen molar-refractivity contribution >= 4 is 70.9 Å². The molecular formula is C75H104F8N12O13. The molecule has 2 aliphatic carbocycles. The van der Waals surface area contributed by atoms with E-state index < -0.39 is 222 Å². The van der Waals surface area contributed by atoms with E-state index in [1.807, 2.05) is 0 Å². The number of carbonyl (C=O) groups excluding carboxylic acids is 12. The zero-order valence-electron chi connectivity index (χ0n) is 63.8. The summed E-state index contributed by atoms with van der Waals surface area (Å²) < 4.78 is 120. The maximum atomic E-state index is 15.6. The van der Waals surface area contributed by atoms with E-state index in [1.54, 1.807) is 40.7 Å². The van der Waals surface area contributed by atoms with Gasteiger partial charge in [-0.05, 0) is 132 Å². The summed E-state index contributed by atoms with van der Waals surface area (Å²) in [6.07, 6.45) is -8.32. The third-order valence-electron chi connectivity index (χ3n) is 21.9. The van der Waals surface area contributed by atoms with Crippen LogP contribution < -0.4 is 16.0 Å². The van der Waals surface area contributed by atoms with Gasteiger partial charge in [-0.3, -0.25) is 57.5 Å². The highest BCUT2D eigenvalue weighted by Gasteiger charge is 2.54. The summed E-state index contributed by atoms with van der Waals surface area (Å²) in [4.78, 5) is 190. The van der Waals surface area contributed by atoms with Gasteiger partial charge in [0.1, 0.15) is 71.1 Å². The molecule has 3 heterocycles. The summed E-state index contributed by atoms with van der Waals surface area (Å²) in [6, 6.07) is -7.26. The molecule has 0 unspecified atom stereocenters. The van der Waals surface area contributed by atoms with Crippen LogP contribution >= 0.6 is 0 Å². The van der Waals surface area contributed by atoms with Gasteiger partial charge >= 0.3 is 12.4 Å². The maximum Gasteiger partial charge on any atom is 0.422 e. The van der Waals surface area contributed by atoms with Gasteiger partial charge in [0, 0.05) is 88.9 Å². The minimum Gasteiger partial charge on any atom is -0.377 e. The molecule has 2 aromatic carbocycles. The van der Waals surface area contributed by atoms with Gasteiger partial charge in [0.25, 0.3) is 0 Å². The Labute approximate surface area is 625 Å². The highest BCUT2D eigenvalue weighted by Crippen LogP contribution is 2.40. The van der Waals surface area contributed by atoms with Crippen LogP contribution in [0.15, 0.2) is 48.0 Å². The Balaban J connectivity index is 1.36. The number of rotatable bonds is 12. The topological polar surface area (TPSA) is 279 Å². The number of fused-ring (bicyclic) bond motifs is 3. The zero-order valence-corrected chi connectivity index (χ0v) is 63.8. The van der Waals surface area contributed by atoms with Crippen LogP contribution in [0.5, 0.6) is 0 Å². The van der Waals surface area contributed by atoms with Crippen molar-refractivity contribution in [2.45, 2.75) is 216 Å². The molecule has 3 aliphatic heterocycles. The molecule has 33 heteroatoms. The number of likely N-dealkylation sites (N-methyl/N-ethyl adjacent to an activating group) is 7. The Morgan fingerprint density at radius 1 is 0.657 bits per heavy atom. The van der Waals surface area contributed by atoms with Crippen LogP contribution in [0.1, 0.15) is 153 Å². The van der Waals surface area contributed by atoms with Crippen LogP contribution in [0.25, 0.3) is 0 Å². The number of halogens is 8. The Hall–Kier alpha value is -8.78. The fourth-order valence-corrected chi connectivity index (χ4v) is 15.2. The lowest BCUT2D eigenvalue weighted by Crippen LogP contribution is -2.68. The second-order valence-corrected chi connectivity index (χ2v) is 29.7. The number of allylic oxidation sites excluding steroid dienone is 1. The Bertz CT molecular complexity index is 3660. The van der Waals surface area contributed by atoms with Crippen LogP contribution in [0.4, 0.5) is 35.1 Å². The average Bonchev–Trinajstić information content (AvgIpc) is 1.02. The predicted molar refractivity (Wildman–Crippen MR) is 379 cm³/mol. The van der Waals surface area contributed by atoms with Crippen LogP contribution in [-0.4, -0.2) is 264 Å². The van der Waals surface area contributed by atoms with Gasteiger partial charge in [-0.15, -0.1) is 0 Å². The SMILES string of the molecule is CCO[C@@H]1C[C@H]2C(=O)NC3(CCC3)C(=O)N(C)[C@@H](C3CCCC3)C(=O)N(C)[C@H](C(=O)N(C)C)CC(=O)N(C)[C@@H](CC)C(=O)N[C@@H]([C@@H](C)CC)C(=O)N(C)CC(=O)N(C)[C@H]3CCCC=C(C)CN(C3=O)[C@@H](Cc3ccc(C(F)(F)F)cc3)C(=O)N(C)CC(=O)N[C@@H](CCc3cc(F)c(C(F)(F)F)c(F)c3)C(=O)N2C1. The molecule has 2 saturated carbocycles. The number of nitrogens with one attached hydrogen (secondary N) is 3. The number of carbonyl (C=O) groups is 12. The highest BCUT2D eigenvalue weighted by atomic mass is 19.4. The number of ether oxygens (including phenoxy) is 1. The first kappa shape index (κ1) is 86.5. The Morgan fingerprint density at radius 3 is 1.83 bits per heavy atom. The summed E-state index contributed by atoms with van der Waals surface area (Å²) in [5, 5.41) is 8.23. The lowest BCUT2D eigenvalue weighted by Gasteiger charge is -2.46. The van der Waals surface area contributed by atoms with Crippen molar-refractivity contribution in [3.8, 4) is 0 Å². The second kappa shape index (κ2) is 36.6. The van der Waals surface area contributed by atoms with E-state index in [-0.39, 0.29) is 57.4 Å². The van der Waals surface area contributed by atoms with Gasteiger partial charge in [-0.1, -0.05) is 63.8 Å². The zero-order chi connectivity index (χ0) is 80.4. The molecule has 2 saturated heterocycles. The van der Waals surface area contributed by atoms with Crippen molar-refractivity contribution < 1.29 is 97.4 Å². The summed E-state index contributed by atoms with van der Waals surface area (Å²) >= 11 is 0. The van der Waals surface area contributed by atoms with Crippen molar-refractivity contribution in [3.63, 3.8) is 0 Å². The predicted octanol–water partition coefficient (Wildman–Crippen LogP) is 5.88. The summed E-state index contributed by atoms with van der Waals surface area (Å²) in [7, 11) is 10.7.